The number of nitrogens with one attached hydrogen (secondary N) is 2. The van der Waals surface area contributed by atoms with Crippen LogP contribution in [0, 0.1) is 11.8 Å². The number of carbonyl (C=O) groups is 2. The lowest BCUT2D eigenvalue weighted by Gasteiger charge is -2.27. The van der Waals surface area contributed by atoms with Gasteiger partial charge in [-0.25, -0.2) is 0 Å². The molecular formula is C24H26N2O4. The standard InChI is InChI=1S/C24H26N2O4/c1-3-24(15-7-5-4-6-8-15)13-30-21-16(23(28)25-2)9-14(10-19(21)24)22(27)26-20-17-11-29-12-18(17)20/h4-10,17-18,20H,3,11-13H2,1-2H3,(H,25,28)(H,26,27)/t17-,18+,20+,24?. The highest BCUT2D eigenvalue weighted by Gasteiger charge is 2.55. The molecule has 6 heteroatoms. The van der Waals surface area contributed by atoms with E-state index in [1.807, 2.05) is 24.3 Å². The fourth-order valence-corrected chi connectivity index (χ4v) is 5.03. The number of benzene rings is 2. The van der Waals surface area contributed by atoms with Gasteiger partial charge in [0.15, 0.2) is 0 Å². The molecule has 30 heavy (non-hydrogen) atoms. The van der Waals surface area contributed by atoms with Gasteiger partial charge in [0.1, 0.15) is 12.4 Å². The number of ether oxygens (including phenoxy) is 2. The molecule has 2 aliphatic heterocycles. The Morgan fingerprint density at radius 1 is 1.10 bits per heavy atom. The van der Waals surface area contributed by atoms with Gasteiger partial charge in [0, 0.05) is 36.1 Å². The number of hydrogen-bond acceptors (Lipinski definition) is 4. The van der Waals surface area contributed by atoms with Crippen LogP contribution < -0.4 is 15.4 Å². The van der Waals surface area contributed by atoms with Crippen molar-refractivity contribution in [2.75, 3.05) is 26.9 Å². The third kappa shape index (κ3) is 2.82. The zero-order valence-corrected chi connectivity index (χ0v) is 17.2. The second-order valence-electron chi connectivity index (χ2n) is 8.43. The molecule has 2 aromatic rings. The van der Waals surface area contributed by atoms with E-state index in [1.54, 1.807) is 13.1 Å². The number of amides is 2. The van der Waals surface area contributed by atoms with Gasteiger partial charge in [-0.2, -0.15) is 0 Å². The van der Waals surface area contributed by atoms with Crippen molar-refractivity contribution in [1.82, 2.24) is 10.6 Å². The second kappa shape index (κ2) is 7.13. The first-order chi connectivity index (χ1) is 14.6. The Hall–Kier alpha value is -2.86. The Morgan fingerprint density at radius 2 is 1.83 bits per heavy atom. The molecule has 2 heterocycles. The van der Waals surface area contributed by atoms with Crippen LogP contribution in [0.15, 0.2) is 42.5 Å². The van der Waals surface area contributed by atoms with Crippen LogP contribution in [-0.4, -0.2) is 44.7 Å². The highest BCUT2D eigenvalue weighted by Crippen LogP contribution is 2.48. The zero-order valence-electron chi connectivity index (χ0n) is 17.2. The van der Waals surface area contributed by atoms with Gasteiger partial charge in [-0.3, -0.25) is 9.59 Å². The van der Waals surface area contributed by atoms with Gasteiger partial charge in [0.2, 0.25) is 0 Å². The van der Waals surface area contributed by atoms with E-state index in [2.05, 4.69) is 29.7 Å². The predicted octanol–water partition coefficient (Wildman–Crippen LogP) is 2.51. The van der Waals surface area contributed by atoms with E-state index in [0.717, 1.165) is 17.5 Å². The minimum absolute atomic E-state index is 0.146. The van der Waals surface area contributed by atoms with Gasteiger partial charge in [-0.05, 0) is 24.1 Å². The number of fused-ring (bicyclic) bond motifs is 2. The van der Waals surface area contributed by atoms with Crippen molar-refractivity contribution in [3.63, 3.8) is 0 Å². The molecule has 0 bridgehead atoms. The topological polar surface area (TPSA) is 76.7 Å². The minimum Gasteiger partial charge on any atom is -0.491 e. The van der Waals surface area contributed by atoms with Crippen LogP contribution in [0.2, 0.25) is 0 Å². The normalized spacial score (nSPS) is 28.3. The summed E-state index contributed by atoms with van der Waals surface area (Å²) in [6, 6.07) is 13.9. The van der Waals surface area contributed by atoms with Gasteiger partial charge < -0.3 is 20.1 Å². The summed E-state index contributed by atoms with van der Waals surface area (Å²) < 4.78 is 11.5. The van der Waals surface area contributed by atoms with Crippen molar-refractivity contribution in [2.24, 2.45) is 11.8 Å². The summed E-state index contributed by atoms with van der Waals surface area (Å²) in [5, 5.41) is 5.82. The van der Waals surface area contributed by atoms with Crippen molar-refractivity contribution < 1.29 is 19.1 Å². The lowest BCUT2D eigenvalue weighted by molar-refractivity contribution is 0.0928. The Bertz CT molecular complexity index is 996. The molecule has 2 amide bonds. The molecule has 3 aliphatic rings. The third-order valence-electron chi connectivity index (χ3n) is 6.98. The minimum atomic E-state index is -0.389. The second-order valence-corrected chi connectivity index (χ2v) is 8.43. The van der Waals surface area contributed by atoms with E-state index in [-0.39, 0.29) is 23.3 Å². The van der Waals surface area contributed by atoms with E-state index in [4.69, 9.17) is 9.47 Å². The first kappa shape index (κ1) is 19.1. The molecule has 156 valence electrons. The summed E-state index contributed by atoms with van der Waals surface area (Å²) in [7, 11) is 1.59. The molecule has 6 nitrogen and oxygen atoms in total. The molecule has 1 unspecified atom stereocenters. The Balaban J connectivity index is 1.57. The smallest absolute Gasteiger partial charge is 0.254 e. The van der Waals surface area contributed by atoms with Crippen LogP contribution in [0.25, 0.3) is 0 Å². The summed E-state index contributed by atoms with van der Waals surface area (Å²) in [6.45, 7) is 3.99. The maximum Gasteiger partial charge on any atom is 0.254 e. The van der Waals surface area contributed by atoms with Crippen molar-refractivity contribution in [3.05, 3.63) is 64.7 Å². The van der Waals surface area contributed by atoms with Gasteiger partial charge in [0.25, 0.3) is 11.8 Å². The molecule has 2 N–H and O–H groups in total. The van der Waals surface area contributed by atoms with Crippen LogP contribution in [0.4, 0.5) is 0 Å². The van der Waals surface area contributed by atoms with Gasteiger partial charge in [-0.15, -0.1) is 0 Å². The lowest BCUT2D eigenvalue weighted by Crippen LogP contribution is -2.31. The van der Waals surface area contributed by atoms with Crippen LogP contribution in [-0.2, 0) is 10.2 Å². The number of carbonyl (C=O) groups excluding carboxylic acids is 2. The molecular weight excluding hydrogens is 380 g/mol. The van der Waals surface area contributed by atoms with E-state index in [0.29, 0.717) is 48.5 Å². The molecule has 0 spiro atoms. The fourth-order valence-electron chi connectivity index (χ4n) is 5.03. The molecule has 1 saturated heterocycles. The molecule has 1 saturated carbocycles. The van der Waals surface area contributed by atoms with Crippen molar-refractivity contribution in [2.45, 2.75) is 24.8 Å². The summed E-state index contributed by atoms with van der Waals surface area (Å²) in [4.78, 5) is 25.7. The monoisotopic (exact) mass is 406 g/mol. The molecule has 0 radical (unpaired) electrons. The highest BCUT2D eigenvalue weighted by atomic mass is 16.5. The summed E-state index contributed by atoms with van der Waals surface area (Å²) in [5.74, 6) is 1.02. The predicted molar refractivity (Wildman–Crippen MR) is 112 cm³/mol. The van der Waals surface area contributed by atoms with Gasteiger partial charge >= 0.3 is 0 Å². The molecule has 4 atom stereocenters. The average molecular weight is 406 g/mol. The number of rotatable bonds is 5. The molecule has 1 aliphatic carbocycles. The van der Waals surface area contributed by atoms with E-state index in [9.17, 15) is 9.59 Å². The number of hydrogen-bond donors (Lipinski definition) is 2. The summed E-state index contributed by atoms with van der Waals surface area (Å²) >= 11 is 0. The third-order valence-corrected chi connectivity index (χ3v) is 6.98. The van der Waals surface area contributed by atoms with Gasteiger partial charge in [-0.1, -0.05) is 37.3 Å². The molecule has 0 aromatic heterocycles. The maximum atomic E-state index is 13.1. The zero-order chi connectivity index (χ0) is 20.9. The largest absolute Gasteiger partial charge is 0.491 e. The van der Waals surface area contributed by atoms with Crippen molar-refractivity contribution in [1.29, 1.82) is 0 Å². The Labute approximate surface area is 176 Å². The van der Waals surface area contributed by atoms with E-state index < -0.39 is 0 Å². The SMILES string of the molecule is CCC1(c2ccccc2)COc2c(C(=O)NC)cc(C(=O)N[C@H]3[C@@H]4COC[C@@H]43)cc21. The molecule has 5 rings (SSSR count). The Kier molecular flexibility index (Phi) is 4.54. The quantitative estimate of drug-likeness (QED) is 0.800. The van der Waals surface area contributed by atoms with Crippen LogP contribution >= 0.6 is 0 Å². The van der Waals surface area contributed by atoms with Crippen LogP contribution in [0.5, 0.6) is 5.75 Å². The summed E-state index contributed by atoms with van der Waals surface area (Å²) in [5.41, 5.74) is 2.55. The summed E-state index contributed by atoms with van der Waals surface area (Å²) in [6.07, 6.45) is 0.798. The lowest BCUT2D eigenvalue weighted by atomic mass is 9.73. The van der Waals surface area contributed by atoms with Crippen LogP contribution in [0.1, 0.15) is 45.2 Å². The first-order valence-electron chi connectivity index (χ1n) is 10.6. The van der Waals surface area contributed by atoms with Crippen molar-refractivity contribution in [3.8, 4) is 5.75 Å². The Morgan fingerprint density at radius 3 is 2.50 bits per heavy atom. The average Bonchev–Trinajstić information content (AvgIpc) is 3.14. The molecule has 2 aromatic carbocycles. The van der Waals surface area contributed by atoms with Crippen molar-refractivity contribution >= 4 is 11.8 Å². The molecule has 2 fully saturated rings. The van der Waals surface area contributed by atoms with E-state index >= 15 is 0 Å². The first-order valence-corrected chi connectivity index (χ1v) is 10.6. The van der Waals surface area contributed by atoms with Crippen LogP contribution in [0.3, 0.4) is 0 Å². The van der Waals surface area contributed by atoms with E-state index in [1.165, 1.54) is 0 Å². The maximum absolute atomic E-state index is 13.1. The fraction of sp³-hybridized carbons (Fsp3) is 0.417. The van der Waals surface area contributed by atoms with Gasteiger partial charge in [0.05, 0.1) is 24.2 Å². The highest BCUT2D eigenvalue weighted by molar-refractivity contribution is 6.02.